The minimum absolute atomic E-state index is 0.0141. The summed E-state index contributed by atoms with van der Waals surface area (Å²) in [6.07, 6.45) is 1.10. The first-order valence-electron chi connectivity index (χ1n) is 7.10. The Balaban J connectivity index is 1.76. The van der Waals surface area contributed by atoms with Gasteiger partial charge in [-0.1, -0.05) is 24.3 Å². The number of methoxy groups -OCH3 is 1. The molecule has 0 aliphatic rings. The van der Waals surface area contributed by atoms with Crippen LogP contribution >= 0.6 is 0 Å². The molecule has 0 unspecified atom stereocenters. The van der Waals surface area contributed by atoms with Crippen molar-refractivity contribution in [2.45, 2.75) is 19.4 Å². The fraction of sp³-hybridized carbons (Fsp3) is 0.222. The van der Waals surface area contributed by atoms with Crippen LogP contribution in [0.2, 0.25) is 0 Å². The number of ether oxygens (including phenoxy) is 1. The molecule has 4 nitrogen and oxygen atoms in total. The highest BCUT2D eigenvalue weighted by Gasteiger charge is 2.03. The fourth-order valence-corrected chi connectivity index (χ4v) is 2.04. The van der Waals surface area contributed by atoms with Gasteiger partial charge >= 0.3 is 0 Å². The summed E-state index contributed by atoms with van der Waals surface area (Å²) >= 11 is 0. The molecule has 0 bridgehead atoms. The van der Waals surface area contributed by atoms with Crippen LogP contribution in [0.15, 0.2) is 48.5 Å². The summed E-state index contributed by atoms with van der Waals surface area (Å²) in [4.78, 5) is 11.8. The van der Waals surface area contributed by atoms with E-state index in [0.717, 1.165) is 16.9 Å². The molecular formula is C18H18N2O2. The number of carbonyl (C=O) groups excluding carboxylic acids is 1. The van der Waals surface area contributed by atoms with E-state index in [2.05, 4.69) is 11.4 Å². The maximum absolute atomic E-state index is 11.8. The van der Waals surface area contributed by atoms with Crippen LogP contribution in [0, 0.1) is 11.3 Å². The number of nitrogens with zero attached hydrogens (tertiary/aromatic N) is 1. The van der Waals surface area contributed by atoms with E-state index in [1.807, 2.05) is 36.4 Å². The highest BCUT2D eigenvalue weighted by molar-refractivity contribution is 5.76. The van der Waals surface area contributed by atoms with Crippen LogP contribution in [0.3, 0.4) is 0 Å². The van der Waals surface area contributed by atoms with Crippen molar-refractivity contribution in [3.05, 3.63) is 65.2 Å². The van der Waals surface area contributed by atoms with Gasteiger partial charge in [0.25, 0.3) is 0 Å². The van der Waals surface area contributed by atoms with Crippen LogP contribution < -0.4 is 10.1 Å². The van der Waals surface area contributed by atoms with E-state index < -0.39 is 0 Å². The number of aryl methyl sites for hydroxylation is 1. The SMILES string of the molecule is COc1ccc(CNC(=O)CCc2ccc(C#N)cc2)cc1. The third kappa shape index (κ3) is 4.64. The maximum Gasteiger partial charge on any atom is 0.220 e. The van der Waals surface area contributed by atoms with E-state index in [1.54, 1.807) is 19.2 Å². The van der Waals surface area contributed by atoms with Gasteiger partial charge in [-0.2, -0.15) is 5.26 Å². The van der Waals surface area contributed by atoms with Crippen LogP contribution in [-0.2, 0) is 17.8 Å². The molecule has 0 radical (unpaired) electrons. The molecule has 1 N–H and O–H groups in total. The van der Waals surface area contributed by atoms with E-state index in [4.69, 9.17) is 10.00 Å². The number of nitrogens with one attached hydrogen (secondary N) is 1. The Morgan fingerprint density at radius 1 is 1.09 bits per heavy atom. The van der Waals surface area contributed by atoms with Gasteiger partial charge in [0.05, 0.1) is 18.7 Å². The Bertz CT molecular complexity index is 655. The van der Waals surface area contributed by atoms with E-state index in [9.17, 15) is 4.79 Å². The van der Waals surface area contributed by atoms with E-state index >= 15 is 0 Å². The normalized spacial score (nSPS) is 9.82. The molecule has 4 heteroatoms. The summed E-state index contributed by atoms with van der Waals surface area (Å²) in [7, 11) is 1.62. The predicted octanol–water partition coefficient (Wildman–Crippen LogP) is 2.82. The van der Waals surface area contributed by atoms with Crippen molar-refractivity contribution in [2.75, 3.05) is 7.11 Å². The van der Waals surface area contributed by atoms with Crippen molar-refractivity contribution in [2.24, 2.45) is 0 Å². The van der Waals surface area contributed by atoms with Crippen molar-refractivity contribution in [1.82, 2.24) is 5.32 Å². The fourth-order valence-electron chi connectivity index (χ4n) is 2.04. The number of hydrogen-bond acceptors (Lipinski definition) is 3. The average molecular weight is 294 g/mol. The zero-order chi connectivity index (χ0) is 15.8. The first-order valence-corrected chi connectivity index (χ1v) is 7.10. The van der Waals surface area contributed by atoms with Gasteiger partial charge in [-0.3, -0.25) is 4.79 Å². The summed E-state index contributed by atoms with van der Waals surface area (Å²) in [5.41, 5.74) is 2.72. The Morgan fingerprint density at radius 2 is 1.73 bits per heavy atom. The van der Waals surface area contributed by atoms with Gasteiger partial charge in [0.2, 0.25) is 5.91 Å². The van der Waals surface area contributed by atoms with Gasteiger partial charge in [-0.05, 0) is 41.8 Å². The molecule has 22 heavy (non-hydrogen) atoms. The van der Waals surface area contributed by atoms with Crippen molar-refractivity contribution in [3.8, 4) is 11.8 Å². The van der Waals surface area contributed by atoms with Gasteiger partial charge in [-0.25, -0.2) is 0 Å². The molecule has 0 spiro atoms. The Labute approximate surface area is 130 Å². The smallest absolute Gasteiger partial charge is 0.220 e. The molecule has 2 rings (SSSR count). The zero-order valence-corrected chi connectivity index (χ0v) is 12.5. The Kier molecular flexibility index (Phi) is 5.56. The molecule has 2 aromatic carbocycles. The monoisotopic (exact) mass is 294 g/mol. The van der Waals surface area contributed by atoms with Crippen LogP contribution in [-0.4, -0.2) is 13.0 Å². The number of carbonyl (C=O) groups is 1. The largest absolute Gasteiger partial charge is 0.497 e. The first-order chi connectivity index (χ1) is 10.7. The summed E-state index contributed by atoms with van der Waals surface area (Å²) in [6.45, 7) is 0.510. The predicted molar refractivity (Wildman–Crippen MR) is 84.3 cm³/mol. The average Bonchev–Trinajstić information content (AvgIpc) is 2.59. The van der Waals surface area contributed by atoms with Gasteiger partial charge in [0.15, 0.2) is 0 Å². The second-order valence-corrected chi connectivity index (χ2v) is 4.93. The third-order valence-electron chi connectivity index (χ3n) is 3.37. The lowest BCUT2D eigenvalue weighted by Crippen LogP contribution is -2.22. The Morgan fingerprint density at radius 3 is 2.32 bits per heavy atom. The van der Waals surface area contributed by atoms with Crippen LogP contribution in [0.5, 0.6) is 5.75 Å². The lowest BCUT2D eigenvalue weighted by Gasteiger charge is -2.06. The number of hydrogen-bond donors (Lipinski definition) is 1. The molecule has 0 aliphatic heterocycles. The molecule has 0 aliphatic carbocycles. The molecule has 112 valence electrons. The molecular weight excluding hydrogens is 276 g/mol. The zero-order valence-electron chi connectivity index (χ0n) is 12.5. The summed E-state index contributed by atoms with van der Waals surface area (Å²) in [5.74, 6) is 0.816. The number of nitriles is 1. The highest BCUT2D eigenvalue weighted by atomic mass is 16.5. The second kappa shape index (κ2) is 7.84. The molecule has 0 saturated heterocycles. The topological polar surface area (TPSA) is 62.1 Å². The van der Waals surface area contributed by atoms with Crippen molar-refractivity contribution >= 4 is 5.91 Å². The second-order valence-electron chi connectivity index (χ2n) is 4.93. The molecule has 0 aromatic heterocycles. The lowest BCUT2D eigenvalue weighted by atomic mass is 10.1. The number of amides is 1. The molecule has 2 aromatic rings. The number of benzene rings is 2. The van der Waals surface area contributed by atoms with Crippen molar-refractivity contribution < 1.29 is 9.53 Å². The number of rotatable bonds is 6. The van der Waals surface area contributed by atoms with E-state index in [1.165, 1.54) is 0 Å². The lowest BCUT2D eigenvalue weighted by molar-refractivity contribution is -0.121. The van der Waals surface area contributed by atoms with E-state index in [-0.39, 0.29) is 5.91 Å². The quantitative estimate of drug-likeness (QED) is 0.891. The standard InChI is InChI=1S/C18H18N2O2/c1-22-17-9-6-16(7-10-17)13-20-18(21)11-8-14-2-4-15(12-19)5-3-14/h2-7,9-10H,8,11,13H2,1H3,(H,20,21). The van der Waals surface area contributed by atoms with Crippen LogP contribution in [0.4, 0.5) is 0 Å². The molecule has 0 atom stereocenters. The summed E-state index contributed by atoms with van der Waals surface area (Å²) < 4.78 is 5.09. The van der Waals surface area contributed by atoms with Gasteiger partial charge in [0, 0.05) is 13.0 Å². The first kappa shape index (κ1) is 15.6. The van der Waals surface area contributed by atoms with Crippen molar-refractivity contribution in [3.63, 3.8) is 0 Å². The minimum atomic E-state index is 0.0141. The third-order valence-corrected chi connectivity index (χ3v) is 3.37. The van der Waals surface area contributed by atoms with Crippen molar-refractivity contribution in [1.29, 1.82) is 5.26 Å². The van der Waals surface area contributed by atoms with Gasteiger partial charge in [0.1, 0.15) is 5.75 Å². The molecule has 0 saturated carbocycles. The summed E-state index contributed by atoms with van der Waals surface area (Å²) in [5, 5.41) is 11.6. The maximum atomic E-state index is 11.8. The Hall–Kier alpha value is -2.80. The molecule has 1 amide bonds. The van der Waals surface area contributed by atoms with E-state index in [0.29, 0.717) is 24.9 Å². The molecule has 0 fully saturated rings. The highest BCUT2D eigenvalue weighted by Crippen LogP contribution is 2.11. The van der Waals surface area contributed by atoms with Crippen LogP contribution in [0.1, 0.15) is 23.1 Å². The molecule has 0 heterocycles. The van der Waals surface area contributed by atoms with Crippen LogP contribution in [0.25, 0.3) is 0 Å². The minimum Gasteiger partial charge on any atom is -0.497 e. The summed E-state index contributed by atoms with van der Waals surface area (Å²) in [6, 6.07) is 17.0. The van der Waals surface area contributed by atoms with Gasteiger partial charge in [-0.15, -0.1) is 0 Å². The van der Waals surface area contributed by atoms with Gasteiger partial charge < -0.3 is 10.1 Å².